The molecular weight excluding hydrogens is 458 g/mol. The lowest BCUT2D eigenvalue weighted by atomic mass is 10.1. The molecule has 0 saturated heterocycles. The van der Waals surface area contributed by atoms with E-state index in [2.05, 4.69) is 4.90 Å². The molecule has 0 aliphatic carbocycles. The Balaban J connectivity index is 0.000000198. The van der Waals surface area contributed by atoms with Crippen molar-refractivity contribution in [3.63, 3.8) is 0 Å². The first-order valence-corrected chi connectivity index (χ1v) is 10.6. The van der Waals surface area contributed by atoms with E-state index in [0.29, 0.717) is 27.7 Å². The third-order valence-corrected chi connectivity index (χ3v) is 5.25. The minimum atomic E-state index is -1.30. The molecule has 0 aliphatic rings. The molecule has 4 rings (SSSR count). The quantitative estimate of drug-likeness (QED) is 0.389. The van der Waals surface area contributed by atoms with E-state index in [9.17, 15) is 19.2 Å². The molecule has 0 spiro atoms. The number of ether oxygens (including phenoxy) is 1. The number of carbonyl (C=O) groups is 2. The summed E-state index contributed by atoms with van der Waals surface area (Å²) in [6.07, 6.45) is 0. The Hall–Kier alpha value is -4.60. The van der Waals surface area contributed by atoms with Crippen LogP contribution in [0.4, 0.5) is 5.69 Å². The minimum absolute atomic E-state index is 0.300. The van der Waals surface area contributed by atoms with Gasteiger partial charge in [0.2, 0.25) is 0 Å². The van der Waals surface area contributed by atoms with E-state index in [1.165, 1.54) is 25.3 Å². The maximum absolute atomic E-state index is 11.5. The zero-order valence-electron chi connectivity index (χ0n) is 19.2. The summed E-state index contributed by atoms with van der Waals surface area (Å²) in [6.45, 7) is 5.77. The molecule has 10 heteroatoms. The average Bonchev–Trinajstić information content (AvgIpc) is 2.83. The Labute approximate surface area is 198 Å². The first-order chi connectivity index (χ1) is 16.7. The van der Waals surface area contributed by atoms with Crippen LogP contribution < -0.4 is 20.9 Å². The molecule has 0 amide bonds. The Kier molecular flexibility index (Phi) is 7.55. The van der Waals surface area contributed by atoms with Gasteiger partial charge in [-0.05, 0) is 50.2 Å². The second kappa shape index (κ2) is 10.6. The minimum Gasteiger partial charge on any atom is -0.497 e. The third-order valence-electron chi connectivity index (χ3n) is 5.25. The van der Waals surface area contributed by atoms with Crippen LogP contribution in [0.15, 0.2) is 67.0 Å². The number of methoxy groups -OCH3 is 1. The zero-order chi connectivity index (χ0) is 25.7. The van der Waals surface area contributed by atoms with Crippen molar-refractivity contribution in [2.24, 2.45) is 0 Å². The molecule has 2 N–H and O–H groups in total. The molecule has 0 saturated carbocycles. The van der Waals surface area contributed by atoms with Crippen molar-refractivity contribution >= 4 is 39.6 Å². The van der Waals surface area contributed by atoms with Crippen molar-refractivity contribution in [2.75, 3.05) is 25.1 Å². The van der Waals surface area contributed by atoms with E-state index in [1.54, 1.807) is 24.3 Å². The molecule has 0 radical (unpaired) electrons. The highest BCUT2D eigenvalue weighted by molar-refractivity contribution is 5.92. The third kappa shape index (κ3) is 5.49. The Bertz CT molecular complexity index is 1510. The Morgan fingerprint density at radius 1 is 0.800 bits per heavy atom. The number of rotatable bonds is 6. The van der Waals surface area contributed by atoms with Crippen molar-refractivity contribution in [1.82, 2.24) is 0 Å². The van der Waals surface area contributed by atoms with Crippen LogP contribution in [0.2, 0.25) is 0 Å². The molecule has 2 aromatic carbocycles. The number of benzene rings is 2. The number of carboxylic acid groups (broad SMARTS) is 2. The predicted octanol–water partition coefficient (Wildman–Crippen LogP) is 3.84. The highest BCUT2D eigenvalue weighted by Crippen LogP contribution is 2.22. The van der Waals surface area contributed by atoms with Gasteiger partial charge >= 0.3 is 23.2 Å². The van der Waals surface area contributed by atoms with Gasteiger partial charge in [-0.3, -0.25) is 0 Å². The largest absolute Gasteiger partial charge is 0.497 e. The SMILES string of the molecule is CCN(CC)c1ccc2cc(C(=O)O)c(=O)oc2c1.COc1ccc2cc(C(=O)O)c(=O)oc2c1. The number of fused-ring (bicyclic) bond motifs is 2. The standard InChI is InChI=1S/C14H15NO4.C11H8O5/c1-3-15(4-2)10-6-5-9-7-11(13(16)17)14(18)19-12(9)8-10;1-15-7-3-2-6-4-8(10(12)13)11(14)16-9(6)5-7/h5-8H,3-4H2,1-2H3,(H,16,17);2-5H,1H3,(H,12,13). The van der Waals surface area contributed by atoms with Crippen molar-refractivity contribution in [3.8, 4) is 5.75 Å². The lowest BCUT2D eigenvalue weighted by Crippen LogP contribution is -2.21. The molecule has 182 valence electrons. The fraction of sp³-hybridized carbons (Fsp3) is 0.200. The summed E-state index contributed by atoms with van der Waals surface area (Å²) in [4.78, 5) is 46.5. The van der Waals surface area contributed by atoms with Gasteiger partial charge in [-0.25, -0.2) is 19.2 Å². The Morgan fingerprint density at radius 2 is 1.29 bits per heavy atom. The van der Waals surface area contributed by atoms with Crippen LogP contribution >= 0.6 is 0 Å². The van der Waals surface area contributed by atoms with Gasteiger partial charge in [-0.15, -0.1) is 0 Å². The highest BCUT2D eigenvalue weighted by atomic mass is 16.5. The Morgan fingerprint density at radius 3 is 1.74 bits per heavy atom. The van der Waals surface area contributed by atoms with Crippen molar-refractivity contribution in [2.45, 2.75) is 13.8 Å². The van der Waals surface area contributed by atoms with Crippen molar-refractivity contribution in [1.29, 1.82) is 0 Å². The van der Waals surface area contributed by atoms with Crippen LogP contribution in [0.25, 0.3) is 21.9 Å². The zero-order valence-corrected chi connectivity index (χ0v) is 19.2. The van der Waals surface area contributed by atoms with Gasteiger partial charge in [0.1, 0.15) is 28.0 Å². The fourth-order valence-electron chi connectivity index (χ4n) is 3.40. The summed E-state index contributed by atoms with van der Waals surface area (Å²) in [5.41, 5.74) is -0.761. The van der Waals surface area contributed by atoms with Gasteiger partial charge in [0.25, 0.3) is 0 Å². The van der Waals surface area contributed by atoms with E-state index in [1.807, 2.05) is 19.9 Å². The number of hydrogen-bond donors (Lipinski definition) is 2. The maximum atomic E-state index is 11.5. The van der Waals surface area contributed by atoms with Crippen LogP contribution in [-0.4, -0.2) is 42.4 Å². The monoisotopic (exact) mass is 481 g/mol. The number of nitrogens with zero attached hydrogens (tertiary/aromatic N) is 1. The van der Waals surface area contributed by atoms with Crippen LogP contribution in [0.1, 0.15) is 34.6 Å². The van der Waals surface area contributed by atoms with E-state index in [0.717, 1.165) is 18.8 Å². The summed E-state index contributed by atoms with van der Waals surface area (Å²) in [7, 11) is 1.49. The molecule has 0 aliphatic heterocycles. The molecule has 2 heterocycles. The van der Waals surface area contributed by atoms with Gasteiger partial charge in [0, 0.05) is 41.7 Å². The molecule has 2 aromatic heterocycles. The van der Waals surface area contributed by atoms with Gasteiger partial charge in [-0.1, -0.05) is 0 Å². The van der Waals surface area contributed by atoms with Crippen molar-refractivity contribution in [3.05, 3.63) is 80.5 Å². The van der Waals surface area contributed by atoms with Crippen molar-refractivity contribution < 1.29 is 33.4 Å². The van der Waals surface area contributed by atoms with E-state index in [4.69, 9.17) is 23.8 Å². The van der Waals surface area contributed by atoms with Gasteiger partial charge in [-0.2, -0.15) is 0 Å². The normalized spacial score (nSPS) is 10.5. The van der Waals surface area contributed by atoms with Gasteiger partial charge in [0.05, 0.1) is 7.11 Å². The molecule has 0 atom stereocenters. The lowest BCUT2D eigenvalue weighted by molar-refractivity contribution is 0.0681. The number of anilines is 1. The smallest absolute Gasteiger partial charge is 0.351 e. The number of carboxylic acids is 2. The van der Waals surface area contributed by atoms with Crippen LogP contribution in [0.3, 0.4) is 0 Å². The van der Waals surface area contributed by atoms with E-state index < -0.39 is 23.2 Å². The molecule has 0 bridgehead atoms. The first kappa shape index (κ1) is 25.0. The molecule has 4 aromatic rings. The second-order valence-electron chi connectivity index (χ2n) is 7.30. The van der Waals surface area contributed by atoms with Crippen LogP contribution in [-0.2, 0) is 0 Å². The average molecular weight is 481 g/mol. The lowest BCUT2D eigenvalue weighted by Gasteiger charge is -2.20. The van der Waals surface area contributed by atoms with Crippen LogP contribution in [0.5, 0.6) is 5.75 Å². The molecule has 0 fully saturated rings. The van der Waals surface area contributed by atoms with Gasteiger partial charge in [0.15, 0.2) is 0 Å². The highest BCUT2D eigenvalue weighted by Gasteiger charge is 2.13. The van der Waals surface area contributed by atoms with Crippen LogP contribution in [0, 0.1) is 0 Å². The summed E-state index contributed by atoms with van der Waals surface area (Å²) < 4.78 is 14.9. The maximum Gasteiger partial charge on any atom is 0.351 e. The number of hydrogen-bond acceptors (Lipinski definition) is 8. The molecule has 35 heavy (non-hydrogen) atoms. The molecule has 0 unspecified atom stereocenters. The summed E-state index contributed by atoms with van der Waals surface area (Å²) in [5.74, 6) is -2.03. The number of aromatic carboxylic acids is 2. The van der Waals surface area contributed by atoms with E-state index >= 15 is 0 Å². The molecule has 10 nitrogen and oxygen atoms in total. The van der Waals surface area contributed by atoms with E-state index in [-0.39, 0.29) is 11.1 Å². The topological polar surface area (TPSA) is 147 Å². The summed E-state index contributed by atoms with van der Waals surface area (Å²) in [6, 6.07) is 12.9. The summed E-state index contributed by atoms with van der Waals surface area (Å²) in [5, 5.41) is 18.8. The predicted molar refractivity (Wildman–Crippen MR) is 129 cm³/mol. The van der Waals surface area contributed by atoms with Gasteiger partial charge < -0.3 is 28.7 Å². The fourth-order valence-corrected chi connectivity index (χ4v) is 3.40. The second-order valence-corrected chi connectivity index (χ2v) is 7.30. The first-order valence-electron chi connectivity index (χ1n) is 10.6. The summed E-state index contributed by atoms with van der Waals surface area (Å²) >= 11 is 0. The molecular formula is C25H23NO9.